The number of para-hydroxylation sites is 1. The number of nitrogens with zero attached hydrogens (tertiary/aromatic N) is 1. The first-order valence-corrected chi connectivity index (χ1v) is 10.5. The molecule has 8 heteroatoms. The van der Waals surface area contributed by atoms with E-state index in [1.165, 1.54) is 11.3 Å². The highest BCUT2D eigenvalue weighted by Gasteiger charge is 2.25. The standard InChI is InChI=1S/C22H21N3O4S/c1-12-10-15(13-6-2-4-8-16(13)24-12)22(28)29-11-18(26)25-21-19(20(23)27)14-7-3-5-9-17(14)30-21/h2,4,6,8,10H,3,5,7,9,11H2,1H3,(H2,23,27)(H,25,26). The summed E-state index contributed by atoms with van der Waals surface area (Å²) in [5.74, 6) is -1.67. The lowest BCUT2D eigenvalue weighted by molar-refractivity contribution is -0.119. The highest BCUT2D eigenvalue weighted by atomic mass is 32.1. The number of hydrogen-bond donors (Lipinski definition) is 2. The number of anilines is 1. The second-order valence-corrected chi connectivity index (χ2v) is 8.34. The molecule has 0 bridgehead atoms. The number of carbonyl (C=O) groups excluding carboxylic acids is 3. The van der Waals surface area contributed by atoms with Crippen LogP contribution in [0.2, 0.25) is 0 Å². The SMILES string of the molecule is Cc1cc(C(=O)OCC(=O)Nc2sc3c(c2C(N)=O)CCCC3)c2ccccc2n1. The lowest BCUT2D eigenvalue weighted by Gasteiger charge is -2.11. The van der Waals surface area contributed by atoms with E-state index in [-0.39, 0.29) is 0 Å². The molecule has 1 aliphatic rings. The number of thiophene rings is 1. The molecule has 0 aliphatic heterocycles. The molecule has 30 heavy (non-hydrogen) atoms. The average Bonchev–Trinajstić information content (AvgIpc) is 3.09. The average molecular weight is 423 g/mol. The fourth-order valence-electron chi connectivity index (χ4n) is 3.76. The molecule has 0 atom stereocenters. The Morgan fingerprint density at radius 2 is 1.97 bits per heavy atom. The summed E-state index contributed by atoms with van der Waals surface area (Å²) in [6.07, 6.45) is 3.70. The van der Waals surface area contributed by atoms with Gasteiger partial charge in [-0.3, -0.25) is 14.6 Å². The van der Waals surface area contributed by atoms with Gasteiger partial charge in [0.15, 0.2) is 6.61 Å². The molecular formula is C22H21N3O4S. The maximum Gasteiger partial charge on any atom is 0.339 e. The Hall–Kier alpha value is -3.26. The van der Waals surface area contributed by atoms with Crippen molar-refractivity contribution in [1.82, 2.24) is 4.98 Å². The molecule has 0 saturated carbocycles. The second kappa shape index (κ2) is 8.23. The van der Waals surface area contributed by atoms with Crippen LogP contribution in [-0.2, 0) is 22.4 Å². The van der Waals surface area contributed by atoms with Gasteiger partial charge in [0.25, 0.3) is 11.8 Å². The van der Waals surface area contributed by atoms with E-state index in [9.17, 15) is 14.4 Å². The molecule has 7 nitrogen and oxygen atoms in total. The monoisotopic (exact) mass is 423 g/mol. The van der Waals surface area contributed by atoms with E-state index < -0.39 is 24.4 Å². The van der Waals surface area contributed by atoms with Crippen molar-refractivity contribution in [2.45, 2.75) is 32.6 Å². The third kappa shape index (κ3) is 3.91. The number of aryl methyl sites for hydroxylation is 2. The summed E-state index contributed by atoms with van der Waals surface area (Å²) in [6, 6.07) is 8.89. The fourth-order valence-corrected chi connectivity index (χ4v) is 5.07. The van der Waals surface area contributed by atoms with Gasteiger partial charge in [0.2, 0.25) is 0 Å². The number of nitrogens with one attached hydrogen (secondary N) is 1. The number of pyridine rings is 1. The van der Waals surface area contributed by atoms with Crippen LogP contribution < -0.4 is 11.1 Å². The fraction of sp³-hybridized carbons (Fsp3) is 0.273. The number of primary amides is 1. The number of benzene rings is 1. The van der Waals surface area contributed by atoms with Crippen LogP contribution in [0.15, 0.2) is 30.3 Å². The lowest BCUT2D eigenvalue weighted by Crippen LogP contribution is -2.23. The van der Waals surface area contributed by atoms with E-state index in [2.05, 4.69) is 10.3 Å². The van der Waals surface area contributed by atoms with Crippen molar-refractivity contribution in [3.8, 4) is 0 Å². The van der Waals surface area contributed by atoms with Gasteiger partial charge in [-0.25, -0.2) is 4.79 Å². The second-order valence-electron chi connectivity index (χ2n) is 7.23. The molecule has 1 aromatic carbocycles. The van der Waals surface area contributed by atoms with E-state index >= 15 is 0 Å². The summed E-state index contributed by atoms with van der Waals surface area (Å²) in [5.41, 5.74) is 8.59. The van der Waals surface area contributed by atoms with Crippen molar-refractivity contribution in [2.75, 3.05) is 11.9 Å². The number of nitrogens with two attached hydrogens (primary N) is 1. The van der Waals surface area contributed by atoms with E-state index in [1.807, 2.05) is 18.2 Å². The van der Waals surface area contributed by atoms with Gasteiger partial charge >= 0.3 is 5.97 Å². The number of ether oxygens (including phenoxy) is 1. The van der Waals surface area contributed by atoms with E-state index in [0.717, 1.165) is 36.1 Å². The smallest absolute Gasteiger partial charge is 0.339 e. The first kappa shape index (κ1) is 20.0. The van der Waals surface area contributed by atoms with Gasteiger partial charge in [-0.15, -0.1) is 11.3 Å². The predicted octanol–water partition coefficient (Wildman–Crippen LogP) is 3.38. The minimum absolute atomic E-state index is 0.357. The van der Waals surface area contributed by atoms with Gasteiger partial charge in [-0.1, -0.05) is 18.2 Å². The molecule has 154 valence electrons. The molecule has 0 fully saturated rings. The Bertz CT molecular complexity index is 1170. The summed E-state index contributed by atoms with van der Waals surface area (Å²) in [4.78, 5) is 42.4. The zero-order valence-corrected chi connectivity index (χ0v) is 17.3. The maximum absolute atomic E-state index is 12.6. The molecule has 0 spiro atoms. The Morgan fingerprint density at radius 1 is 1.20 bits per heavy atom. The molecular weight excluding hydrogens is 402 g/mol. The number of aromatic nitrogens is 1. The molecule has 3 aromatic rings. The van der Waals surface area contributed by atoms with Crippen LogP contribution in [0.3, 0.4) is 0 Å². The Kier molecular flexibility index (Phi) is 5.50. The van der Waals surface area contributed by atoms with E-state index in [4.69, 9.17) is 10.5 Å². The molecule has 4 rings (SSSR count). The van der Waals surface area contributed by atoms with Crippen molar-refractivity contribution in [3.05, 3.63) is 57.6 Å². The van der Waals surface area contributed by atoms with Crippen LogP contribution >= 0.6 is 11.3 Å². The Balaban J connectivity index is 1.48. The highest BCUT2D eigenvalue weighted by molar-refractivity contribution is 7.17. The summed E-state index contributed by atoms with van der Waals surface area (Å²) >= 11 is 1.37. The van der Waals surface area contributed by atoms with Gasteiger partial charge in [-0.2, -0.15) is 0 Å². The van der Waals surface area contributed by atoms with Crippen LogP contribution in [0.5, 0.6) is 0 Å². The van der Waals surface area contributed by atoms with Crippen molar-refractivity contribution in [3.63, 3.8) is 0 Å². The molecule has 2 aromatic heterocycles. The Labute approximate surface area is 177 Å². The third-order valence-electron chi connectivity index (χ3n) is 5.07. The van der Waals surface area contributed by atoms with Gasteiger partial charge in [0.05, 0.1) is 16.6 Å². The minimum Gasteiger partial charge on any atom is -0.452 e. The molecule has 3 N–H and O–H groups in total. The van der Waals surface area contributed by atoms with Gasteiger partial charge in [-0.05, 0) is 50.3 Å². The minimum atomic E-state index is -0.604. The van der Waals surface area contributed by atoms with Crippen molar-refractivity contribution in [2.24, 2.45) is 5.73 Å². The van der Waals surface area contributed by atoms with E-state index in [1.54, 1.807) is 19.1 Å². The quantitative estimate of drug-likeness (QED) is 0.611. The largest absolute Gasteiger partial charge is 0.452 e. The van der Waals surface area contributed by atoms with Crippen LogP contribution in [0.4, 0.5) is 5.00 Å². The number of hydrogen-bond acceptors (Lipinski definition) is 6. The molecule has 1 aliphatic carbocycles. The van der Waals surface area contributed by atoms with Gasteiger partial charge < -0.3 is 15.8 Å². The van der Waals surface area contributed by atoms with Crippen LogP contribution in [0.25, 0.3) is 10.9 Å². The summed E-state index contributed by atoms with van der Waals surface area (Å²) in [5, 5.41) is 3.79. The highest BCUT2D eigenvalue weighted by Crippen LogP contribution is 2.37. The van der Waals surface area contributed by atoms with Gasteiger partial charge in [0, 0.05) is 16.0 Å². The third-order valence-corrected chi connectivity index (χ3v) is 6.28. The number of carbonyl (C=O) groups is 3. The zero-order chi connectivity index (χ0) is 21.3. The lowest BCUT2D eigenvalue weighted by atomic mass is 9.95. The first-order chi connectivity index (χ1) is 14.4. The molecule has 0 radical (unpaired) electrons. The van der Waals surface area contributed by atoms with Crippen molar-refractivity contribution >= 4 is 45.0 Å². The molecule has 2 heterocycles. The predicted molar refractivity (Wildman–Crippen MR) is 115 cm³/mol. The van der Waals surface area contributed by atoms with Crippen LogP contribution in [-0.4, -0.2) is 29.4 Å². The van der Waals surface area contributed by atoms with Crippen LogP contribution in [0.1, 0.15) is 49.7 Å². The summed E-state index contributed by atoms with van der Waals surface area (Å²) < 4.78 is 5.24. The summed E-state index contributed by atoms with van der Waals surface area (Å²) in [6.45, 7) is 1.33. The van der Waals surface area contributed by atoms with E-state index in [0.29, 0.717) is 32.7 Å². The van der Waals surface area contributed by atoms with Gasteiger partial charge in [0.1, 0.15) is 5.00 Å². The zero-order valence-electron chi connectivity index (χ0n) is 16.5. The molecule has 0 unspecified atom stereocenters. The van der Waals surface area contributed by atoms with Crippen molar-refractivity contribution in [1.29, 1.82) is 0 Å². The normalized spacial score (nSPS) is 13.0. The number of fused-ring (bicyclic) bond motifs is 2. The number of amides is 2. The maximum atomic E-state index is 12.6. The number of esters is 1. The summed E-state index contributed by atoms with van der Waals surface area (Å²) in [7, 11) is 0. The van der Waals surface area contributed by atoms with Crippen molar-refractivity contribution < 1.29 is 19.1 Å². The topological polar surface area (TPSA) is 111 Å². The molecule has 0 saturated heterocycles. The number of rotatable bonds is 5. The molecule has 2 amide bonds. The first-order valence-electron chi connectivity index (χ1n) is 9.71. The Morgan fingerprint density at radius 3 is 2.77 bits per heavy atom. The van der Waals surface area contributed by atoms with Crippen LogP contribution in [0, 0.1) is 6.92 Å².